The number of benzene rings is 3. The number of rotatable bonds is 7. The molecule has 0 fully saturated rings. The van der Waals surface area contributed by atoms with Gasteiger partial charge in [0.2, 0.25) is 0 Å². The quantitative estimate of drug-likeness (QED) is 0.599. The predicted molar refractivity (Wildman–Crippen MR) is 106 cm³/mol. The predicted octanol–water partition coefficient (Wildman–Crippen LogP) is 5.69. The van der Waals surface area contributed by atoms with Crippen LogP contribution in [0.2, 0.25) is 0 Å². The van der Waals surface area contributed by atoms with Gasteiger partial charge in [-0.25, -0.2) is 0 Å². The van der Waals surface area contributed by atoms with Gasteiger partial charge in [0.05, 0.1) is 7.11 Å². The van der Waals surface area contributed by atoms with Crippen molar-refractivity contribution in [1.29, 1.82) is 0 Å². The summed E-state index contributed by atoms with van der Waals surface area (Å²) in [5.41, 5.74) is 2.73. The van der Waals surface area contributed by atoms with Crippen molar-refractivity contribution in [2.24, 2.45) is 0 Å². The Morgan fingerprint density at radius 1 is 0.880 bits per heavy atom. The first kappa shape index (κ1) is 17.5. The molecule has 1 N–H and O–H groups in total. The SMILES string of the molecule is CCC(NCC(C)c1ccc2cc(OC)ccc2c1)c1ccccc1. The highest BCUT2D eigenvalue weighted by Gasteiger charge is 2.12. The Labute approximate surface area is 150 Å². The van der Waals surface area contributed by atoms with Crippen molar-refractivity contribution in [3.05, 3.63) is 77.9 Å². The molecule has 3 aromatic rings. The van der Waals surface area contributed by atoms with E-state index < -0.39 is 0 Å². The molecule has 0 saturated heterocycles. The zero-order valence-electron chi connectivity index (χ0n) is 15.3. The Balaban J connectivity index is 1.70. The van der Waals surface area contributed by atoms with E-state index in [1.54, 1.807) is 7.11 Å². The highest BCUT2D eigenvalue weighted by Crippen LogP contribution is 2.25. The van der Waals surface area contributed by atoms with Gasteiger partial charge in [-0.15, -0.1) is 0 Å². The van der Waals surface area contributed by atoms with E-state index in [-0.39, 0.29) is 0 Å². The van der Waals surface area contributed by atoms with Gasteiger partial charge in [0.1, 0.15) is 5.75 Å². The number of hydrogen-bond acceptors (Lipinski definition) is 2. The fourth-order valence-corrected chi connectivity index (χ4v) is 3.30. The number of methoxy groups -OCH3 is 1. The first-order valence-corrected chi connectivity index (χ1v) is 9.07. The molecule has 0 aliphatic rings. The molecular formula is C23H27NO. The zero-order chi connectivity index (χ0) is 17.6. The topological polar surface area (TPSA) is 21.3 Å². The van der Waals surface area contributed by atoms with Gasteiger partial charge in [-0.05, 0) is 46.4 Å². The fourth-order valence-electron chi connectivity index (χ4n) is 3.30. The Bertz CT molecular complexity index is 813. The lowest BCUT2D eigenvalue weighted by Gasteiger charge is -2.21. The van der Waals surface area contributed by atoms with E-state index in [4.69, 9.17) is 4.74 Å². The van der Waals surface area contributed by atoms with Gasteiger partial charge in [-0.2, -0.15) is 0 Å². The molecule has 2 nitrogen and oxygen atoms in total. The average Bonchev–Trinajstić information content (AvgIpc) is 2.68. The zero-order valence-corrected chi connectivity index (χ0v) is 15.3. The van der Waals surface area contributed by atoms with Crippen LogP contribution in [-0.2, 0) is 0 Å². The van der Waals surface area contributed by atoms with E-state index in [2.05, 4.69) is 79.8 Å². The van der Waals surface area contributed by atoms with Crippen molar-refractivity contribution in [2.75, 3.05) is 13.7 Å². The number of hydrogen-bond donors (Lipinski definition) is 1. The fraction of sp³-hybridized carbons (Fsp3) is 0.304. The van der Waals surface area contributed by atoms with Crippen LogP contribution in [0.25, 0.3) is 10.8 Å². The van der Waals surface area contributed by atoms with Crippen molar-refractivity contribution in [1.82, 2.24) is 5.32 Å². The molecule has 2 unspecified atom stereocenters. The maximum absolute atomic E-state index is 5.31. The molecular weight excluding hydrogens is 306 g/mol. The summed E-state index contributed by atoms with van der Waals surface area (Å²) >= 11 is 0. The molecule has 3 aromatic carbocycles. The Morgan fingerprint density at radius 2 is 1.60 bits per heavy atom. The van der Waals surface area contributed by atoms with Gasteiger partial charge in [-0.3, -0.25) is 0 Å². The maximum Gasteiger partial charge on any atom is 0.119 e. The molecule has 0 aromatic heterocycles. The summed E-state index contributed by atoms with van der Waals surface area (Å²) in [7, 11) is 1.71. The van der Waals surface area contributed by atoms with Crippen molar-refractivity contribution in [3.8, 4) is 5.75 Å². The monoisotopic (exact) mass is 333 g/mol. The minimum Gasteiger partial charge on any atom is -0.497 e. The normalized spacial score (nSPS) is 13.6. The number of ether oxygens (including phenoxy) is 1. The molecule has 2 heteroatoms. The van der Waals surface area contributed by atoms with Crippen LogP contribution in [0.3, 0.4) is 0 Å². The van der Waals surface area contributed by atoms with Gasteiger partial charge in [-0.1, -0.05) is 68.4 Å². The van der Waals surface area contributed by atoms with Crippen LogP contribution in [-0.4, -0.2) is 13.7 Å². The lowest BCUT2D eigenvalue weighted by Crippen LogP contribution is -2.25. The second-order valence-electron chi connectivity index (χ2n) is 6.65. The summed E-state index contributed by atoms with van der Waals surface area (Å²) in [6.07, 6.45) is 1.09. The third-order valence-electron chi connectivity index (χ3n) is 4.92. The lowest BCUT2D eigenvalue weighted by atomic mass is 9.96. The Kier molecular flexibility index (Phi) is 5.72. The standard InChI is InChI=1S/C23H27NO/c1-4-23(18-8-6-5-7-9-18)24-16-17(2)19-10-11-21-15-22(25-3)13-12-20(21)14-19/h5-15,17,23-24H,4,16H2,1-3H3. The van der Waals surface area contributed by atoms with E-state index in [0.717, 1.165) is 18.7 Å². The largest absolute Gasteiger partial charge is 0.497 e. The molecule has 25 heavy (non-hydrogen) atoms. The number of fused-ring (bicyclic) bond motifs is 1. The van der Waals surface area contributed by atoms with E-state index in [0.29, 0.717) is 12.0 Å². The van der Waals surface area contributed by atoms with Crippen molar-refractivity contribution >= 4 is 10.8 Å². The van der Waals surface area contributed by atoms with E-state index in [1.807, 2.05) is 6.07 Å². The lowest BCUT2D eigenvalue weighted by molar-refractivity contribution is 0.415. The molecule has 0 aliphatic carbocycles. The van der Waals surface area contributed by atoms with Gasteiger partial charge < -0.3 is 10.1 Å². The second-order valence-corrected chi connectivity index (χ2v) is 6.65. The van der Waals surface area contributed by atoms with Crippen LogP contribution >= 0.6 is 0 Å². The smallest absolute Gasteiger partial charge is 0.119 e. The summed E-state index contributed by atoms with van der Waals surface area (Å²) in [4.78, 5) is 0. The maximum atomic E-state index is 5.31. The minimum absolute atomic E-state index is 0.411. The molecule has 0 heterocycles. The average molecular weight is 333 g/mol. The molecule has 0 radical (unpaired) electrons. The second kappa shape index (κ2) is 8.17. The van der Waals surface area contributed by atoms with Crippen molar-refractivity contribution in [3.63, 3.8) is 0 Å². The summed E-state index contributed by atoms with van der Waals surface area (Å²) in [5.74, 6) is 1.37. The van der Waals surface area contributed by atoms with Crippen LogP contribution in [0.1, 0.15) is 43.4 Å². The third-order valence-corrected chi connectivity index (χ3v) is 4.92. The minimum atomic E-state index is 0.411. The van der Waals surface area contributed by atoms with E-state index in [1.165, 1.54) is 21.9 Å². The van der Waals surface area contributed by atoms with Crippen LogP contribution in [0, 0.1) is 0 Å². The summed E-state index contributed by atoms with van der Waals surface area (Å²) in [6, 6.07) is 24.1. The highest BCUT2D eigenvalue weighted by atomic mass is 16.5. The Morgan fingerprint density at radius 3 is 2.32 bits per heavy atom. The molecule has 0 spiro atoms. The summed E-state index contributed by atoms with van der Waals surface area (Å²) in [6.45, 7) is 5.49. The van der Waals surface area contributed by atoms with Gasteiger partial charge in [0.15, 0.2) is 0 Å². The van der Waals surface area contributed by atoms with Crippen LogP contribution in [0.15, 0.2) is 66.7 Å². The highest BCUT2D eigenvalue weighted by molar-refractivity contribution is 5.84. The summed E-state index contributed by atoms with van der Waals surface area (Å²) in [5, 5.41) is 6.22. The third kappa shape index (κ3) is 4.21. The van der Waals surface area contributed by atoms with Crippen LogP contribution in [0.4, 0.5) is 0 Å². The van der Waals surface area contributed by atoms with Gasteiger partial charge >= 0.3 is 0 Å². The first-order valence-electron chi connectivity index (χ1n) is 9.07. The van der Waals surface area contributed by atoms with Crippen molar-refractivity contribution in [2.45, 2.75) is 32.2 Å². The van der Waals surface area contributed by atoms with Gasteiger partial charge in [0, 0.05) is 12.6 Å². The molecule has 0 saturated carbocycles. The first-order chi connectivity index (χ1) is 12.2. The molecule has 0 amide bonds. The molecule has 3 rings (SSSR count). The molecule has 0 aliphatic heterocycles. The van der Waals surface area contributed by atoms with Gasteiger partial charge in [0.25, 0.3) is 0 Å². The van der Waals surface area contributed by atoms with E-state index in [9.17, 15) is 0 Å². The van der Waals surface area contributed by atoms with Crippen LogP contribution in [0.5, 0.6) is 5.75 Å². The molecule has 130 valence electrons. The number of nitrogens with one attached hydrogen (secondary N) is 1. The molecule has 2 atom stereocenters. The summed E-state index contributed by atoms with van der Waals surface area (Å²) < 4.78 is 5.31. The molecule has 0 bridgehead atoms. The van der Waals surface area contributed by atoms with Crippen molar-refractivity contribution < 1.29 is 4.74 Å². The van der Waals surface area contributed by atoms with E-state index >= 15 is 0 Å². The Hall–Kier alpha value is -2.32. The van der Waals surface area contributed by atoms with Crippen LogP contribution < -0.4 is 10.1 Å².